The minimum Gasteiger partial charge on any atom is -0.372 e. The van der Waals surface area contributed by atoms with Crippen molar-refractivity contribution in [3.63, 3.8) is 0 Å². The van der Waals surface area contributed by atoms with Crippen LogP contribution in [-0.2, 0) is 11.3 Å². The van der Waals surface area contributed by atoms with Crippen molar-refractivity contribution in [2.75, 3.05) is 13.2 Å². The first-order valence-corrected chi connectivity index (χ1v) is 5.22. The van der Waals surface area contributed by atoms with Crippen molar-refractivity contribution >= 4 is 0 Å². The van der Waals surface area contributed by atoms with Gasteiger partial charge >= 0.3 is 6.55 Å². The van der Waals surface area contributed by atoms with Crippen molar-refractivity contribution in [2.45, 2.75) is 33.0 Å². The number of hydrogen-bond acceptors (Lipinski definition) is 3. The van der Waals surface area contributed by atoms with E-state index in [2.05, 4.69) is 10.3 Å². The molecule has 0 aliphatic heterocycles. The lowest BCUT2D eigenvalue weighted by Gasteiger charge is -2.09. The lowest BCUT2D eigenvalue weighted by atomic mass is 10.4. The van der Waals surface area contributed by atoms with E-state index in [1.807, 2.05) is 13.8 Å². The summed E-state index contributed by atoms with van der Waals surface area (Å²) in [5.74, 6) is 0.250. The molecule has 0 fully saturated rings. The Kier molecular flexibility index (Phi) is 5.34. The Labute approximate surface area is 93.6 Å². The molecule has 0 unspecified atom stereocenters. The zero-order valence-electron chi connectivity index (χ0n) is 9.49. The fraction of sp³-hybridized carbons (Fsp3) is 0.700. The van der Waals surface area contributed by atoms with Gasteiger partial charge in [0.2, 0.25) is 0 Å². The molecule has 0 aromatic carbocycles. The van der Waals surface area contributed by atoms with Crippen LogP contribution in [0.4, 0.5) is 8.78 Å². The summed E-state index contributed by atoms with van der Waals surface area (Å²) in [5.41, 5.74) is 0. The number of halogens is 2. The standard InChI is InChI=1S/C10H17F2N3O/c1-8(2)13-4-6-16-7-9-14-3-5-15(9)10(11)12/h3,5,8,10,13H,4,6-7H2,1-2H3. The van der Waals surface area contributed by atoms with Gasteiger partial charge in [-0.25, -0.2) is 4.98 Å². The third-order valence-electron chi connectivity index (χ3n) is 1.99. The molecule has 0 saturated carbocycles. The highest BCUT2D eigenvalue weighted by atomic mass is 19.3. The zero-order chi connectivity index (χ0) is 12.0. The maximum Gasteiger partial charge on any atom is 0.320 e. The molecular weight excluding hydrogens is 216 g/mol. The molecule has 0 atom stereocenters. The van der Waals surface area contributed by atoms with Crippen LogP contribution in [0.3, 0.4) is 0 Å². The molecule has 1 rings (SSSR count). The van der Waals surface area contributed by atoms with E-state index in [1.54, 1.807) is 0 Å². The van der Waals surface area contributed by atoms with Gasteiger partial charge in [0.1, 0.15) is 12.4 Å². The molecule has 0 bridgehead atoms. The van der Waals surface area contributed by atoms with Crippen LogP contribution in [0.2, 0.25) is 0 Å². The molecule has 0 amide bonds. The molecule has 16 heavy (non-hydrogen) atoms. The molecule has 0 aliphatic carbocycles. The Balaban J connectivity index is 2.24. The van der Waals surface area contributed by atoms with E-state index in [0.717, 1.165) is 4.57 Å². The summed E-state index contributed by atoms with van der Waals surface area (Å²) >= 11 is 0. The topological polar surface area (TPSA) is 39.1 Å². The van der Waals surface area contributed by atoms with E-state index >= 15 is 0 Å². The molecule has 0 aliphatic rings. The molecule has 4 nitrogen and oxygen atoms in total. The molecule has 0 saturated heterocycles. The highest BCUT2D eigenvalue weighted by Gasteiger charge is 2.10. The molecule has 1 N–H and O–H groups in total. The van der Waals surface area contributed by atoms with Crippen LogP contribution in [0.1, 0.15) is 26.2 Å². The van der Waals surface area contributed by atoms with Crippen LogP contribution >= 0.6 is 0 Å². The van der Waals surface area contributed by atoms with Gasteiger partial charge in [-0.2, -0.15) is 8.78 Å². The van der Waals surface area contributed by atoms with Gasteiger partial charge in [-0.15, -0.1) is 0 Å². The SMILES string of the molecule is CC(C)NCCOCc1nccn1C(F)F. The summed E-state index contributed by atoms with van der Waals surface area (Å²) < 4.78 is 30.8. The van der Waals surface area contributed by atoms with Crippen molar-refractivity contribution in [3.8, 4) is 0 Å². The van der Waals surface area contributed by atoms with Crippen molar-refractivity contribution in [2.24, 2.45) is 0 Å². The number of nitrogens with one attached hydrogen (secondary N) is 1. The number of hydrogen-bond donors (Lipinski definition) is 1. The molecule has 1 heterocycles. The number of alkyl halides is 2. The monoisotopic (exact) mass is 233 g/mol. The zero-order valence-corrected chi connectivity index (χ0v) is 9.49. The number of rotatable bonds is 7. The van der Waals surface area contributed by atoms with Crippen molar-refractivity contribution in [3.05, 3.63) is 18.2 Å². The summed E-state index contributed by atoms with van der Waals surface area (Å²) in [4.78, 5) is 3.81. The minimum absolute atomic E-state index is 0.108. The van der Waals surface area contributed by atoms with Gasteiger partial charge in [0.25, 0.3) is 0 Å². The summed E-state index contributed by atoms with van der Waals surface area (Å²) in [6.45, 7) is 2.79. The third-order valence-corrected chi connectivity index (χ3v) is 1.99. The Morgan fingerprint density at radius 1 is 1.50 bits per heavy atom. The number of nitrogens with zero attached hydrogens (tertiary/aromatic N) is 2. The second-order valence-corrected chi connectivity index (χ2v) is 3.69. The fourth-order valence-corrected chi connectivity index (χ4v) is 1.22. The second kappa shape index (κ2) is 6.55. The molecule has 1 aromatic heterocycles. The van der Waals surface area contributed by atoms with E-state index in [-0.39, 0.29) is 12.4 Å². The summed E-state index contributed by atoms with van der Waals surface area (Å²) in [7, 11) is 0. The highest BCUT2D eigenvalue weighted by Crippen LogP contribution is 2.12. The van der Waals surface area contributed by atoms with Crippen LogP contribution in [0.5, 0.6) is 0 Å². The quantitative estimate of drug-likeness (QED) is 0.730. The van der Waals surface area contributed by atoms with Crippen LogP contribution in [0.25, 0.3) is 0 Å². The Hall–Kier alpha value is -1.01. The van der Waals surface area contributed by atoms with Gasteiger partial charge in [-0.1, -0.05) is 13.8 Å². The van der Waals surface area contributed by atoms with E-state index < -0.39 is 6.55 Å². The van der Waals surface area contributed by atoms with Crippen molar-refractivity contribution in [1.82, 2.24) is 14.9 Å². The first-order chi connectivity index (χ1) is 7.61. The fourth-order valence-electron chi connectivity index (χ4n) is 1.22. The molecule has 1 aromatic rings. The molecular formula is C10H17F2N3O. The Morgan fingerprint density at radius 3 is 2.88 bits per heavy atom. The Bertz CT molecular complexity index is 302. The van der Waals surface area contributed by atoms with Gasteiger partial charge in [-0.3, -0.25) is 4.57 Å². The summed E-state index contributed by atoms with van der Waals surface area (Å²) in [6.07, 6.45) is 2.59. The lowest BCUT2D eigenvalue weighted by Crippen LogP contribution is -2.26. The number of imidazole rings is 1. The molecule has 0 spiro atoms. The minimum atomic E-state index is -2.56. The van der Waals surface area contributed by atoms with Crippen LogP contribution in [-0.4, -0.2) is 28.7 Å². The van der Waals surface area contributed by atoms with Crippen LogP contribution < -0.4 is 5.32 Å². The van der Waals surface area contributed by atoms with Crippen molar-refractivity contribution < 1.29 is 13.5 Å². The Morgan fingerprint density at radius 2 is 2.25 bits per heavy atom. The third kappa shape index (κ3) is 4.24. The van der Waals surface area contributed by atoms with Crippen molar-refractivity contribution in [1.29, 1.82) is 0 Å². The maximum absolute atomic E-state index is 12.4. The average molecular weight is 233 g/mol. The normalized spacial score (nSPS) is 11.6. The molecule has 0 radical (unpaired) electrons. The van der Waals surface area contributed by atoms with Crippen LogP contribution in [0.15, 0.2) is 12.4 Å². The van der Waals surface area contributed by atoms with E-state index in [4.69, 9.17) is 4.74 Å². The molecule has 92 valence electrons. The smallest absolute Gasteiger partial charge is 0.320 e. The predicted octanol–water partition coefficient (Wildman–Crippen LogP) is 1.79. The summed E-state index contributed by atoms with van der Waals surface area (Å²) in [6, 6.07) is 0.395. The molecule has 6 heteroatoms. The number of ether oxygens (including phenoxy) is 1. The van der Waals surface area contributed by atoms with Gasteiger partial charge in [0.15, 0.2) is 0 Å². The predicted molar refractivity (Wildman–Crippen MR) is 56.3 cm³/mol. The first kappa shape index (κ1) is 13.1. The first-order valence-electron chi connectivity index (χ1n) is 5.22. The van der Waals surface area contributed by atoms with Crippen LogP contribution in [0, 0.1) is 0 Å². The largest absolute Gasteiger partial charge is 0.372 e. The van der Waals surface area contributed by atoms with Gasteiger partial charge < -0.3 is 10.1 Å². The van der Waals surface area contributed by atoms with E-state index in [1.165, 1.54) is 12.4 Å². The summed E-state index contributed by atoms with van der Waals surface area (Å²) in [5, 5.41) is 3.16. The second-order valence-electron chi connectivity index (χ2n) is 3.69. The van der Waals surface area contributed by atoms with Gasteiger partial charge in [0, 0.05) is 25.0 Å². The number of aromatic nitrogens is 2. The lowest BCUT2D eigenvalue weighted by molar-refractivity contribution is 0.0525. The average Bonchev–Trinajstić information content (AvgIpc) is 2.65. The highest BCUT2D eigenvalue weighted by molar-refractivity contribution is 4.90. The van der Waals surface area contributed by atoms with Gasteiger partial charge in [0.05, 0.1) is 6.61 Å². The van der Waals surface area contributed by atoms with Gasteiger partial charge in [-0.05, 0) is 0 Å². The van der Waals surface area contributed by atoms with E-state index in [0.29, 0.717) is 19.2 Å². The van der Waals surface area contributed by atoms with E-state index in [9.17, 15) is 8.78 Å². The maximum atomic E-state index is 12.4.